The first-order valence-electron chi connectivity index (χ1n) is 6.94. The largest absolute Gasteiger partial charge is 0.370 e. The molecule has 0 radical (unpaired) electrons. The van der Waals surface area contributed by atoms with E-state index in [1.54, 1.807) is 0 Å². The molecule has 0 saturated carbocycles. The summed E-state index contributed by atoms with van der Waals surface area (Å²) in [6.45, 7) is 6.06. The summed E-state index contributed by atoms with van der Waals surface area (Å²) >= 11 is 0. The highest BCUT2D eigenvalue weighted by atomic mass is 32.2. The van der Waals surface area contributed by atoms with E-state index in [-0.39, 0.29) is 0 Å². The molecule has 0 bridgehead atoms. The minimum Gasteiger partial charge on any atom is -0.370 e. The molecule has 5 nitrogen and oxygen atoms in total. The minimum atomic E-state index is -3.27. The van der Waals surface area contributed by atoms with Crippen LogP contribution in [0.5, 0.6) is 0 Å². The monoisotopic (exact) mass is 305 g/mol. The average Bonchev–Trinajstić information content (AvgIpc) is 2.96. The first-order valence-corrected chi connectivity index (χ1v) is 8.84. The van der Waals surface area contributed by atoms with Crippen molar-refractivity contribution >= 4 is 26.6 Å². The van der Waals surface area contributed by atoms with Crippen molar-refractivity contribution in [3.05, 3.63) is 29.5 Å². The SMILES string of the molecule is Cc1ccc2c(c1)c(S(C)(=O)=O)c(C)n2CC1=NCCN1. The van der Waals surface area contributed by atoms with Crippen molar-refractivity contribution in [2.45, 2.75) is 25.3 Å². The van der Waals surface area contributed by atoms with Crippen molar-refractivity contribution in [1.29, 1.82) is 0 Å². The molecule has 0 saturated heterocycles. The van der Waals surface area contributed by atoms with Gasteiger partial charge in [-0.1, -0.05) is 11.6 Å². The lowest BCUT2D eigenvalue weighted by molar-refractivity contribution is 0.601. The number of fused-ring (bicyclic) bond motifs is 1. The van der Waals surface area contributed by atoms with Gasteiger partial charge in [-0.15, -0.1) is 0 Å². The van der Waals surface area contributed by atoms with Gasteiger partial charge >= 0.3 is 0 Å². The van der Waals surface area contributed by atoms with Crippen LogP contribution in [0.15, 0.2) is 28.1 Å². The molecule has 0 unspecified atom stereocenters. The lowest BCUT2D eigenvalue weighted by Gasteiger charge is -2.09. The Hall–Kier alpha value is -1.82. The molecule has 1 N–H and O–H groups in total. The smallest absolute Gasteiger partial charge is 0.177 e. The zero-order valence-corrected chi connectivity index (χ0v) is 13.3. The Labute approximate surface area is 124 Å². The Morgan fingerprint density at radius 2 is 2.10 bits per heavy atom. The lowest BCUT2D eigenvalue weighted by Crippen LogP contribution is -2.24. The van der Waals surface area contributed by atoms with Crippen molar-refractivity contribution in [3.63, 3.8) is 0 Å². The lowest BCUT2D eigenvalue weighted by atomic mass is 10.2. The van der Waals surface area contributed by atoms with Gasteiger partial charge in [0.25, 0.3) is 0 Å². The highest BCUT2D eigenvalue weighted by Crippen LogP contribution is 2.30. The topological polar surface area (TPSA) is 63.5 Å². The molecule has 1 aromatic carbocycles. The summed E-state index contributed by atoms with van der Waals surface area (Å²) in [5.74, 6) is 0.913. The van der Waals surface area contributed by atoms with Gasteiger partial charge in [0.1, 0.15) is 5.84 Å². The van der Waals surface area contributed by atoms with Crippen LogP contribution in [0.2, 0.25) is 0 Å². The maximum atomic E-state index is 12.2. The van der Waals surface area contributed by atoms with Crippen LogP contribution < -0.4 is 5.32 Å². The molecule has 1 aromatic heterocycles. The van der Waals surface area contributed by atoms with Gasteiger partial charge in [-0.05, 0) is 26.0 Å². The van der Waals surface area contributed by atoms with Gasteiger partial charge in [-0.25, -0.2) is 8.42 Å². The van der Waals surface area contributed by atoms with E-state index < -0.39 is 9.84 Å². The van der Waals surface area contributed by atoms with Crippen LogP contribution in [0, 0.1) is 13.8 Å². The molecule has 2 aromatic rings. The second-order valence-corrected chi connectivity index (χ2v) is 7.50. The molecule has 1 aliphatic rings. The minimum absolute atomic E-state index is 0.430. The number of aliphatic imine (C=N–C) groups is 1. The molecule has 1 aliphatic heterocycles. The van der Waals surface area contributed by atoms with E-state index >= 15 is 0 Å². The second kappa shape index (κ2) is 4.87. The number of aryl methyl sites for hydroxylation is 1. The molecular weight excluding hydrogens is 286 g/mol. The fourth-order valence-corrected chi connectivity index (χ4v) is 4.15. The molecule has 21 heavy (non-hydrogen) atoms. The van der Waals surface area contributed by atoms with E-state index in [4.69, 9.17) is 0 Å². The summed E-state index contributed by atoms with van der Waals surface area (Å²) in [5, 5.41) is 4.04. The van der Waals surface area contributed by atoms with Gasteiger partial charge < -0.3 is 9.88 Å². The van der Waals surface area contributed by atoms with Crippen LogP contribution in [-0.2, 0) is 16.4 Å². The summed E-state index contributed by atoms with van der Waals surface area (Å²) in [6, 6.07) is 5.94. The summed E-state index contributed by atoms with van der Waals surface area (Å²) in [7, 11) is -3.27. The van der Waals surface area contributed by atoms with Gasteiger partial charge in [-0.2, -0.15) is 0 Å². The normalized spacial score (nSPS) is 15.3. The maximum absolute atomic E-state index is 12.2. The first-order chi connectivity index (χ1) is 9.88. The van der Waals surface area contributed by atoms with Crippen molar-refractivity contribution in [3.8, 4) is 0 Å². The third-order valence-electron chi connectivity index (χ3n) is 3.84. The number of nitrogens with one attached hydrogen (secondary N) is 1. The Balaban J connectivity index is 2.27. The average molecular weight is 305 g/mol. The number of hydrogen-bond acceptors (Lipinski definition) is 4. The van der Waals surface area contributed by atoms with Crippen molar-refractivity contribution in [1.82, 2.24) is 9.88 Å². The maximum Gasteiger partial charge on any atom is 0.177 e. The van der Waals surface area contributed by atoms with Crippen molar-refractivity contribution in [2.24, 2.45) is 4.99 Å². The Morgan fingerprint density at radius 1 is 1.33 bits per heavy atom. The fourth-order valence-electron chi connectivity index (χ4n) is 2.94. The van der Waals surface area contributed by atoms with E-state index in [2.05, 4.69) is 10.3 Å². The number of nitrogens with zero attached hydrogens (tertiary/aromatic N) is 2. The van der Waals surface area contributed by atoms with E-state index in [0.717, 1.165) is 41.1 Å². The predicted octanol–water partition coefficient (Wildman–Crippen LogP) is 1.66. The van der Waals surface area contributed by atoms with Gasteiger partial charge in [-0.3, -0.25) is 4.99 Å². The number of hydrogen-bond donors (Lipinski definition) is 1. The molecule has 0 fully saturated rings. The van der Waals surface area contributed by atoms with Gasteiger partial charge in [0, 0.05) is 29.4 Å². The van der Waals surface area contributed by atoms with Crippen LogP contribution in [0.25, 0.3) is 10.9 Å². The standard InChI is InChI=1S/C15H19N3O2S/c1-10-4-5-13-12(8-10)15(21(3,19)20)11(2)18(13)9-14-16-6-7-17-14/h4-5,8H,6-7,9H2,1-3H3,(H,16,17). The number of benzene rings is 1. The number of sulfone groups is 1. The van der Waals surface area contributed by atoms with E-state index in [0.29, 0.717) is 11.4 Å². The van der Waals surface area contributed by atoms with Crippen molar-refractivity contribution in [2.75, 3.05) is 19.3 Å². The molecule has 3 rings (SSSR count). The summed E-state index contributed by atoms with van der Waals surface area (Å²) in [4.78, 5) is 4.83. The highest BCUT2D eigenvalue weighted by Gasteiger charge is 2.22. The Kier molecular flexibility index (Phi) is 3.28. The number of rotatable bonds is 3. The highest BCUT2D eigenvalue weighted by molar-refractivity contribution is 7.91. The third kappa shape index (κ3) is 2.44. The summed E-state index contributed by atoms with van der Waals surface area (Å²) in [5.41, 5.74) is 2.77. The van der Waals surface area contributed by atoms with Crippen molar-refractivity contribution < 1.29 is 8.42 Å². The van der Waals surface area contributed by atoms with Crippen LogP contribution in [0.1, 0.15) is 11.3 Å². The van der Waals surface area contributed by atoms with Gasteiger partial charge in [0.05, 0.1) is 18.0 Å². The molecule has 112 valence electrons. The Morgan fingerprint density at radius 3 is 2.71 bits per heavy atom. The number of amidine groups is 1. The Bertz CT molecular complexity index is 847. The molecule has 0 spiro atoms. The third-order valence-corrected chi connectivity index (χ3v) is 5.10. The van der Waals surface area contributed by atoms with E-state index in [9.17, 15) is 8.42 Å². The van der Waals surface area contributed by atoms with Crippen LogP contribution in [-0.4, -0.2) is 38.2 Å². The zero-order chi connectivity index (χ0) is 15.2. The molecule has 6 heteroatoms. The number of aromatic nitrogens is 1. The molecule has 0 amide bonds. The zero-order valence-electron chi connectivity index (χ0n) is 12.5. The molecular formula is C15H19N3O2S. The fraction of sp³-hybridized carbons (Fsp3) is 0.400. The summed E-state index contributed by atoms with van der Waals surface area (Å²) in [6.07, 6.45) is 1.27. The summed E-state index contributed by atoms with van der Waals surface area (Å²) < 4.78 is 26.4. The van der Waals surface area contributed by atoms with E-state index in [1.807, 2.05) is 36.6 Å². The quantitative estimate of drug-likeness (QED) is 0.938. The van der Waals surface area contributed by atoms with E-state index in [1.165, 1.54) is 6.26 Å². The second-order valence-electron chi connectivity index (χ2n) is 5.55. The van der Waals surface area contributed by atoms with Gasteiger partial charge in [0.2, 0.25) is 0 Å². The van der Waals surface area contributed by atoms with Crippen LogP contribution in [0.4, 0.5) is 0 Å². The molecule has 2 heterocycles. The first kappa shape index (κ1) is 14.1. The van der Waals surface area contributed by atoms with Gasteiger partial charge in [0.15, 0.2) is 9.84 Å². The van der Waals surface area contributed by atoms with Crippen LogP contribution >= 0.6 is 0 Å². The predicted molar refractivity (Wildman–Crippen MR) is 84.8 cm³/mol. The van der Waals surface area contributed by atoms with Crippen LogP contribution in [0.3, 0.4) is 0 Å². The molecule has 0 atom stereocenters. The molecule has 0 aliphatic carbocycles.